The van der Waals surface area contributed by atoms with Crippen molar-refractivity contribution in [1.29, 1.82) is 0 Å². The fourth-order valence-electron chi connectivity index (χ4n) is 1.11. The van der Waals surface area contributed by atoms with E-state index in [1.54, 1.807) is 6.07 Å². The zero-order valence-electron chi connectivity index (χ0n) is 10.6. The number of aromatic carboxylic acids is 1. The van der Waals surface area contributed by atoms with Crippen LogP contribution in [0.5, 0.6) is 0 Å². The van der Waals surface area contributed by atoms with E-state index in [1.165, 1.54) is 17.8 Å². The minimum Gasteiger partial charge on any atom is -0.475 e. The van der Waals surface area contributed by atoms with Crippen molar-refractivity contribution in [2.24, 2.45) is 5.92 Å². The summed E-state index contributed by atoms with van der Waals surface area (Å²) in [6.07, 6.45) is 0. The van der Waals surface area contributed by atoms with E-state index in [4.69, 9.17) is 9.52 Å². The van der Waals surface area contributed by atoms with Gasteiger partial charge in [0.05, 0.1) is 5.75 Å². The van der Waals surface area contributed by atoms with Crippen molar-refractivity contribution < 1.29 is 19.1 Å². The molecule has 0 saturated heterocycles. The van der Waals surface area contributed by atoms with E-state index in [-0.39, 0.29) is 23.5 Å². The third kappa shape index (κ3) is 4.44. The van der Waals surface area contributed by atoms with E-state index >= 15 is 0 Å². The van der Waals surface area contributed by atoms with E-state index in [2.05, 4.69) is 5.32 Å². The van der Waals surface area contributed by atoms with Gasteiger partial charge in [-0.3, -0.25) is 4.79 Å². The number of amides is 1. The average molecular weight is 271 g/mol. The molecule has 6 heteroatoms. The second-order valence-electron chi connectivity index (χ2n) is 4.31. The van der Waals surface area contributed by atoms with Gasteiger partial charge in [-0.05, 0) is 25.0 Å². The van der Waals surface area contributed by atoms with Crippen LogP contribution in [0.1, 0.15) is 31.3 Å². The van der Waals surface area contributed by atoms with Crippen molar-refractivity contribution in [2.45, 2.75) is 31.9 Å². The molecule has 1 amide bonds. The van der Waals surface area contributed by atoms with Crippen molar-refractivity contribution in [1.82, 2.24) is 5.32 Å². The number of hydrogen-bond acceptors (Lipinski definition) is 4. The molecule has 1 atom stereocenters. The maximum atomic E-state index is 11.6. The van der Waals surface area contributed by atoms with Crippen molar-refractivity contribution in [2.75, 3.05) is 5.75 Å². The Balaban J connectivity index is 2.40. The maximum absolute atomic E-state index is 11.6. The largest absolute Gasteiger partial charge is 0.475 e. The molecule has 1 rings (SSSR count). The second-order valence-corrected chi connectivity index (χ2v) is 5.29. The highest BCUT2D eigenvalue weighted by Gasteiger charge is 2.13. The first-order chi connectivity index (χ1) is 8.40. The van der Waals surface area contributed by atoms with Crippen LogP contribution in [0, 0.1) is 5.92 Å². The molecule has 0 aliphatic heterocycles. The number of furan rings is 1. The van der Waals surface area contributed by atoms with Crippen LogP contribution in [-0.2, 0) is 4.79 Å². The van der Waals surface area contributed by atoms with Gasteiger partial charge in [-0.2, -0.15) is 0 Å². The van der Waals surface area contributed by atoms with Gasteiger partial charge < -0.3 is 14.8 Å². The Morgan fingerprint density at radius 1 is 1.39 bits per heavy atom. The molecule has 0 aromatic carbocycles. The van der Waals surface area contributed by atoms with Crippen LogP contribution < -0.4 is 5.32 Å². The molecular weight excluding hydrogens is 254 g/mol. The van der Waals surface area contributed by atoms with Gasteiger partial charge >= 0.3 is 5.97 Å². The molecule has 1 aromatic heterocycles. The van der Waals surface area contributed by atoms with Crippen molar-refractivity contribution in [3.8, 4) is 0 Å². The smallest absolute Gasteiger partial charge is 0.371 e. The highest BCUT2D eigenvalue weighted by Crippen LogP contribution is 2.20. The first-order valence-electron chi connectivity index (χ1n) is 5.65. The molecule has 18 heavy (non-hydrogen) atoms. The lowest BCUT2D eigenvalue weighted by Gasteiger charge is -2.16. The molecule has 0 fully saturated rings. The zero-order chi connectivity index (χ0) is 13.7. The Kier molecular flexibility index (Phi) is 5.27. The predicted octanol–water partition coefficient (Wildman–Crippen LogP) is 2.23. The first kappa shape index (κ1) is 14.6. The molecule has 0 aliphatic rings. The summed E-state index contributed by atoms with van der Waals surface area (Å²) >= 11 is 1.18. The standard InChI is InChI=1S/C12H17NO4S/c1-7(2)8(3)13-10(14)6-18-11-5-4-9(17-11)12(15)16/h4-5,7-8H,6H2,1-3H3,(H,13,14)(H,15,16). The number of carboxylic acids is 1. The fraction of sp³-hybridized carbons (Fsp3) is 0.500. The van der Waals surface area contributed by atoms with E-state index in [0.29, 0.717) is 11.0 Å². The lowest BCUT2D eigenvalue weighted by molar-refractivity contribution is -0.119. The minimum absolute atomic E-state index is 0.0884. The van der Waals surface area contributed by atoms with Gasteiger partial charge in [0.15, 0.2) is 5.09 Å². The molecule has 5 nitrogen and oxygen atoms in total. The zero-order valence-corrected chi connectivity index (χ0v) is 11.4. The first-order valence-corrected chi connectivity index (χ1v) is 6.64. The van der Waals surface area contributed by atoms with Gasteiger partial charge in [-0.15, -0.1) is 0 Å². The molecule has 0 saturated carbocycles. The average Bonchev–Trinajstić information content (AvgIpc) is 2.74. The quantitative estimate of drug-likeness (QED) is 0.776. The van der Waals surface area contributed by atoms with E-state index in [0.717, 1.165) is 0 Å². The predicted molar refractivity (Wildman–Crippen MR) is 68.8 cm³/mol. The topological polar surface area (TPSA) is 79.5 Å². The van der Waals surface area contributed by atoms with Crippen molar-refractivity contribution >= 4 is 23.6 Å². The Morgan fingerprint density at radius 2 is 2.06 bits per heavy atom. The summed E-state index contributed by atoms with van der Waals surface area (Å²) in [5.74, 6) is -0.729. The van der Waals surface area contributed by atoms with Crippen LogP contribution in [0.2, 0.25) is 0 Å². The maximum Gasteiger partial charge on any atom is 0.371 e. The molecule has 0 bridgehead atoms. The Bertz CT molecular complexity index is 427. The lowest BCUT2D eigenvalue weighted by atomic mass is 10.1. The molecule has 0 radical (unpaired) electrons. The van der Waals surface area contributed by atoms with Gasteiger partial charge in [-0.25, -0.2) is 4.79 Å². The van der Waals surface area contributed by atoms with E-state index in [1.807, 2.05) is 20.8 Å². The normalized spacial score (nSPS) is 12.4. The second kappa shape index (κ2) is 6.49. The highest BCUT2D eigenvalue weighted by molar-refractivity contribution is 7.99. The van der Waals surface area contributed by atoms with Crippen molar-refractivity contribution in [3.63, 3.8) is 0 Å². The van der Waals surface area contributed by atoms with Crippen LogP contribution in [-0.4, -0.2) is 28.8 Å². The molecule has 2 N–H and O–H groups in total. The van der Waals surface area contributed by atoms with Gasteiger partial charge in [0.1, 0.15) is 0 Å². The van der Waals surface area contributed by atoms with Gasteiger partial charge in [0, 0.05) is 6.04 Å². The summed E-state index contributed by atoms with van der Waals surface area (Å²) in [7, 11) is 0. The monoisotopic (exact) mass is 271 g/mol. The minimum atomic E-state index is -1.11. The van der Waals surface area contributed by atoms with Crippen LogP contribution in [0.3, 0.4) is 0 Å². The van der Waals surface area contributed by atoms with Crippen molar-refractivity contribution in [3.05, 3.63) is 17.9 Å². The number of carboxylic acid groups (broad SMARTS) is 1. The highest BCUT2D eigenvalue weighted by atomic mass is 32.2. The fourth-order valence-corrected chi connectivity index (χ4v) is 1.78. The number of thioether (sulfide) groups is 1. The molecule has 0 aliphatic carbocycles. The Labute approximate surface area is 110 Å². The van der Waals surface area contributed by atoms with Crippen LogP contribution in [0.15, 0.2) is 21.6 Å². The molecule has 1 heterocycles. The summed E-state index contributed by atoms with van der Waals surface area (Å²) in [5.41, 5.74) is 0. The molecule has 1 unspecified atom stereocenters. The third-order valence-electron chi connectivity index (χ3n) is 2.53. The summed E-state index contributed by atoms with van der Waals surface area (Å²) in [4.78, 5) is 22.2. The molecule has 100 valence electrons. The van der Waals surface area contributed by atoms with Gasteiger partial charge in [0.2, 0.25) is 11.7 Å². The molecular formula is C12H17NO4S. The van der Waals surface area contributed by atoms with Crippen LogP contribution in [0.4, 0.5) is 0 Å². The molecule has 1 aromatic rings. The molecule has 0 spiro atoms. The summed E-state index contributed by atoms with van der Waals surface area (Å²) < 4.78 is 5.03. The summed E-state index contributed by atoms with van der Waals surface area (Å²) in [6, 6.07) is 3.04. The summed E-state index contributed by atoms with van der Waals surface area (Å²) in [6.45, 7) is 6.01. The number of rotatable bonds is 6. The number of nitrogens with one attached hydrogen (secondary N) is 1. The number of hydrogen-bond donors (Lipinski definition) is 2. The Morgan fingerprint density at radius 3 is 2.56 bits per heavy atom. The van der Waals surface area contributed by atoms with Crippen LogP contribution >= 0.6 is 11.8 Å². The van der Waals surface area contributed by atoms with E-state index < -0.39 is 5.97 Å². The summed E-state index contributed by atoms with van der Waals surface area (Å²) in [5, 5.41) is 12.0. The third-order valence-corrected chi connectivity index (χ3v) is 3.44. The Hall–Kier alpha value is -1.43. The lowest BCUT2D eigenvalue weighted by Crippen LogP contribution is -2.37. The number of carbonyl (C=O) groups excluding carboxylic acids is 1. The van der Waals surface area contributed by atoms with E-state index in [9.17, 15) is 9.59 Å². The number of carbonyl (C=O) groups is 2. The SMILES string of the molecule is CC(C)C(C)NC(=O)CSc1ccc(C(=O)O)o1. The van der Waals surface area contributed by atoms with Crippen LogP contribution in [0.25, 0.3) is 0 Å². The van der Waals surface area contributed by atoms with Gasteiger partial charge in [0.25, 0.3) is 0 Å². The van der Waals surface area contributed by atoms with Gasteiger partial charge in [-0.1, -0.05) is 25.6 Å².